The largest absolute Gasteiger partial charge is 0.453 e. The lowest BCUT2D eigenvalue weighted by molar-refractivity contribution is 0.00724. The van der Waals surface area contributed by atoms with E-state index in [1.807, 2.05) is 29.2 Å². The van der Waals surface area contributed by atoms with Gasteiger partial charge in [0.2, 0.25) is 0 Å². The lowest BCUT2D eigenvalue weighted by Gasteiger charge is -2.43. The minimum Gasteiger partial charge on any atom is -0.453 e. The van der Waals surface area contributed by atoms with Crippen molar-refractivity contribution >= 4 is 29.2 Å². The zero-order chi connectivity index (χ0) is 26.6. The van der Waals surface area contributed by atoms with E-state index in [1.54, 1.807) is 11.3 Å². The number of hydrogen-bond acceptors (Lipinski definition) is 7. The van der Waals surface area contributed by atoms with E-state index < -0.39 is 23.7 Å². The number of ether oxygens (including phenoxy) is 1. The Morgan fingerprint density at radius 2 is 2.14 bits per heavy atom. The van der Waals surface area contributed by atoms with Crippen LogP contribution >= 0.6 is 11.3 Å². The van der Waals surface area contributed by atoms with Crippen LogP contribution in [-0.2, 0) is 23.2 Å². The highest BCUT2D eigenvalue weighted by molar-refractivity contribution is 7.09. The summed E-state index contributed by atoms with van der Waals surface area (Å²) in [6, 6.07) is 8.14. The number of hydrogen-bond donors (Lipinski definition) is 2. The fourth-order valence-corrected chi connectivity index (χ4v) is 5.28. The number of terminal acetylenes is 1. The minimum absolute atomic E-state index is 0.0531. The highest BCUT2D eigenvalue weighted by atomic mass is 32.1. The summed E-state index contributed by atoms with van der Waals surface area (Å²) >= 11 is 1.65. The Hall–Kier alpha value is -3.75. The summed E-state index contributed by atoms with van der Waals surface area (Å²) in [5, 5.41) is 9.80. The predicted molar refractivity (Wildman–Crippen MR) is 140 cm³/mol. The number of amides is 2. The van der Waals surface area contributed by atoms with Gasteiger partial charge in [-0.25, -0.2) is 14.2 Å². The first-order valence-corrected chi connectivity index (χ1v) is 12.8. The number of nitrogens with one attached hydrogen (secondary N) is 1. The molecule has 0 bridgehead atoms. The smallest absolute Gasteiger partial charge is 0.412 e. The van der Waals surface area contributed by atoms with Crippen LogP contribution in [0.25, 0.3) is 11.3 Å². The number of carbonyl (C=O) groups excluding carboxylic acids is 2. The van der Waals surface area contributed by atoms with Crippen molar-refractivity contribution in [3.05, 3.63) is 52.0 Å². The molecule has 4 rings (SSSR count). The molecule has 1 fully saturated rings. The molecule has 1 saturated heterocycles. The van der Waals surface area contributed by atoms with Gasteiger partial charge in [-0.15, -0.1) is 23.7 Å². The van der Waals surface area contributed by atoms with Crippen LogP contribution in [-0.4, -0.2) is 58.0 Å². The number of thiazole rings is 1. The number of halogens is 1. The van der Waals surface area contributed by atoms with Crippen LogP contribution in [0, 0.1) is 12.3 Å². The fourth-order valence-electron chi connectivity index (χ4n) is 4.52. The van der Waals surface area contributed by atoms with Crippen molar-refractivity contribution in [1.82, 2.24) is 19.7 Å². The van der Waals surface area contributed by atoms with E-state index in [9.17, 15) is 9.59 Å². The van der Waals surface area contributed by atoms with Crippen LogP contribution < -0.4 is 11.1 Å². The van der Waals surface area contributed by atoms with Crippen LogP contribution in [0.1, 0.15) is 40.7 Å². The third-order valence-electron chi connectivity index (χ3n) is 6.62. The molecule has 37 heavy (non-hydrogen) atoms. The molecule has 0 radical (unpaired) electrons. The lowest BCUT2D eigenvalue weighted by Crippen LogP contribution is -2.54. The molecule has 2 amide bonds. The molecule has 11 heteroatoms. The van der Waals surface area contributed by atoms with Crippen LogP contribution in [0.4, 0.5) is 15.0 Å². The standard InChI is InChI=1S/C26H29FN6O3S/c1-4-10-26(33-14-19(23(28)34)24(31-33)30-25(35)36-3)11-12-32(15-21(26)27)13-17-6-8-18(9-7-17)20-16-37-22(5-2)29-20/h1,6-9,14,16,21H,5,10-13,15H2,2-3H3,(H2,28,34)(H,30,31,35). The van der Waals surface area contributed by atoms with Gasteiger partial charge in [-0.1, -0.05) is 31.2 Å². The van der Waals surface area contributed by atoms with Crippen LogP contribution in [0.2, 0.25) is 0 Å². The molecule has 0 saturated carbocycles. The van der Waals surface area contributed by atoms with E-state index in [0.29, 0.717) is 19.5 Å². The number of primary amides is 1. The summed E-state index contributed by atoms with van der Waals surface area (Å²) in [5.41, 5.74) is 7.30. The van der Waals surface area contributed by atoms with Crippen molar-refractivity contribution in [1.29, 1.82) is 0 Å². The van der Waals surface area contributed by atoms with Crippen LogP contribution in [0.5, 0.6) is 0 Å². The van der Waals surface area contributed by atoms with Crippen molar-refractivity contribution in [2.75, 3.05) is 25.5 Å². The second-order valence-electron chi connectivity index (χ2n) is 8.93. The summed E-state index contributed by atoms with van der Waals surface area (Å²) in [4.78, 5) is 30.3. The minimum atomic E-state index is -1.38. The van der Waals surface area contributed by atoms with E-state index in [-0.39, 0.29) is 24.3 Å². The summed E-state index contributed by atoms with van der Waals surface area (Å²) < 4.78 is 21.8. The topological polar surface area (TPSA) is 115 Å². The Labute approximate surface area is 218 Å². The molecule has 3 heterocycles. The van der Waals surface area contributed by atoms with Gasteiger partial charge in [0.25, 0.3) is 5.91 Å². The molecule has 2 aromatic heterocycles. The summed E-state index contributed by atoms with van der Waals surface area (Å²) in [5.74, 6) is 1.64. The number of nitrogens with two attached hydrogens (primary N) is 1. The number of methoxy groups -OCH3 is 1. The number of piperidine rings is 1. The van der Waals surface area contributed by atoms with E-state index in [4.69, 9.17) is 12.2 Å². The molecule has 3 aromatic rings. The van der Waals surface area contributed by atoms with E-state index in [2.05, 4.69) is 38.4 Å². The molecule has 0 aliphatic carbocycles. The Morgan fingerprint density at radius 3 is 2.73 bits per heavy atom. The van der Waals surface area contributed by atoms with Crippen LogP contribution in [0.3, 0.4) is 0 Å². The molecule has 9 nitrogen and oxygen atoms in total. The molecular formula is C26H29FN6O3S. The number of aryl methyl sites for hydroxylation is 1. The average molecular weight is 525 g/mol. The van der Waals surface area contributed by atoms with Crippen molar-refractivity contribution in [2.45, 2.75) is 44.4 Å². The molecule has 1 aromatic carbocycles. The maximum Gasteiger partial charge on any atom is 0.412 e. The first kappa shape index (κ1) is 26.3. The lowest BCUT2D eigenvalue weighted by atomic mass is 9.83. The fraction of sp³-hybridized carbons (Fsp3) is 0.385. The van der Waals surface area contributed by atoms with E-state index >= 15 is 4.39 Å². The number of alkyl halides is 1. The number of rotatable bonds is 8. The Morgan fingerprint density at radius 1 is 1.38 bits per heavy atom. The number of likely N-dealkylation sites (tertiary alicyclic amines) is 1. The molecular weight excluding hydrogens is 495 g/mol. The average Bonchev–Trinajstić information content (AvgIpc) is 3.54. The van der Waals surface area contributed by atoms with Crippen molar-refractivity contribution < 1.29 is 18.7 Å². The summed E-state index contributed by atoms with van der Waals surface area (Å²) in [6.45, 7) is 3.34. The number of nitrogens with zero attached hydrogens (tertiary/aromatic N) is 4. The van der Waals surface area contributed by atoms with Gasteiger partial charge in [0.1, 0.15) is 17.3 Å². The molecule has 2 atom stereocenters. The third-order valence-corrected chi connectivity index (χ3v) is 7.62. The Bertz CT molecular complexity index is 1310. The zero-order valence-electron chi connectivity index (χ0n) is 20.7. The molecule has 2 unspecified atom stereocenters. The quantitative estimate of drug-likeness (QED) is 0.433. The van der Waals surface area contributed by atoms with Crippen molar-refractivity contribution in [3.63, 3.8) is 0 Å². The maximum absolute atomic E-state index is 15.9. The second-order valence-corrected chi connectivity index (χ2v) is 9.87. The van der Waals surface area contributed by atoms with Gasteiger partial charge >= 0.3 is 6.09 Å². The van der Waals surface area contributed by atoms with Gasteiger partial charge < -0.3 is 10.5 Å². The molecule has 0 spiro atoms. The Balaban J connectivity index is 1.50. The van der Waals surface area contributed by atoms with Gasteiger partial charge in [0.05, 0.1) is 17.8 Å². The number of aromatic nitrogens is 3. The van der Waals surface area contributed by atoms with Gasteiger partial charge in [0, 0.05) is 43.2 Å². The highest BCUT2D eigenvalue weighted by Crippen LogP contribution is 2.37. The second kappa shape index (κ2) is 11.1. The first-order valence-electron chi connectivity index (χ1n) is 11.9. The summed E-state index contributed by atoms with van der Waals surface area (Å²) in [7, 11) is 1.18. The van der Waals surface area contributed by atoms with Gasteiger partial charge in [0.15, 0.2) is 5.82 Å². The molecule has 3 N–H and O–H groups in total. The third kappa shape index (κ3) is 5.50. The highest BCUT2D eigenvalue weighted by Gasteiger charge is 2.46. The Kier molecular flexibility index (Phi) is 7.90. The molecule has 1 aliphatic heterocycles. The van der Waals surface area contributed by atoms with Crippen molar-refractivity contribution in [2.24, 2.45) is 5.73 Å². The zero-order valence-corrected chi connectivity index (χ0v) is 21.6. The SMILES string of the molecule is C#CCC1(n2cc(C(N)=O)c(NC(=O)OC)n2)CCN(Cc2ccc(-c3csc(CC)n3)cc2)CC1F. The number of benzene rings is 1. The normalized spacial score (nSPS) is 19.8. The molecule has 194 valence electrons. The van der Waals surface area contributed by atoms with Gasteiger partial charge in [-0.3, -0.25) is 19.7 Å². The van der Waals surface area contributed by atoms with E-state index in [1.165, 1.54) is 18.0 Å². The monoisotopic (exact) mass is 524 g/mol. The van der Waals surface area contributed by atoms with Gasteiger partial charge in [-0.2, -0.15) is 5.10 Å². The van der Waals surface area contributed by atoms with Crippen LogP contribution in [0.15, 0.2) is 35.8 Å². The number of carbonyl (C=O) groups is 2. The molecule has 1 aliphatic rings. The van der Waals surface area contributed by atoms with Gasteiger partial charge in [-0.05, 0) is 18.4 Å². The van der Waals surface area contributed by atoms with E-state index in [0.717, 1.165) is 28.2 Å². The number of anilines is 1. The first-order chi connectivity index (χ1) is 17.8. The predicted octanol–water partition coefficient (Wildman–Crippen LogP) is 3.81. The maximum atomic E-state index is 15.9. The summed E-state index contributed by atoms with van der Waals surface area (Å²) in [6.07, 6.45) is 6.08. The van der Waals surface area contributed by atoms with Crippen molar-refractivity contribution in [3.8, 4) is 23.6 Å².